The highest BCUT2D eigenvalue weighted by molar-refractivity contribution is 6.29. The van der Waals surface area contributed by atoms with E-state index in [-0.39, 0.29) is 0 Å². The molecule has 2 aromatic rings. The number of halogens is 1. The minimum atomic E-state index is 0.465. The number of hydrogen-bond acceptors (Lipinski definition) is 4. The molecule has 1 aromatic carbocycles. The van der Waals surface area contributed by atoms with E-state index in [1.165, 1.54) is 0 Å². The molecule has 0 spiro atoms. The summed E-state index contributed by atoms with van der Waals surface area (Å²) in [6.07, 6.45) is 2.29. The van der Waals surface area contributed by atoms with Crippen molar-refractivity contribution < 1.29 is 9.47 Å². The number of aromatic nitrogens is 2. The quantitative estimate of drug-likeness (QED) is 0.806. The van der Waals surface area contributed by atoms with Crippen molar-refractivity contribution >= 4 is 11.6 Å². The molecule has 0 unspecified atom stereocenters. The fourth-order valence-corrected chi connectivity index (χ4v) is 2.29. The van der Waals surface area contributed by atoms with Gasteiger partial charge in [-0.25, -0.2) is 9.97 Å². The molecule has 3 rings (SSSR count). The Kier molecular flexibility index (Phi) is 3.49. The maximum absolute atomic E-state index is 6.10. The monoisotopic (exact) mass is 290 g/mol. The van der Waals surface area contributed by atoms with Gasteiger partial charge in [0.2, 0.25) is 0 Å². The predicted molar refractivity (Wildman–Crippen MR) is 77.6 cm³/mol. The molecule has 4 nitrogen and oxygen atoms in total. The lowest BCUT2D eigenvalue weighted by atomic mass is 10.1. The zero-order valence-corrected chi connectivity index (χ0v) is 12.1. The van der Waals surface area contributed by atoms with Crippen LogP contribution in [-0.2, 0) is 0 Å². The molecule has 0 amide bonds. The molecule has 20 heavy (non-hydrogen) atoms. The van der Waals surface area contributed by atoms with Gasteiger partial charge in [-0.05, 0) is 31.0 Å². The second kappa shape index (κ2) is 5.29. The Morgan fingerprint density at radius 1 is 1.05 bits per heavy atom. The summed E-state index contributed by atoms with van der Waals surface area (Å²) >= 11 is 6.10. The van der Waals surface area contributed by atoms with E-state index in [1.54, 1.807) is 20.3 Å². The third-order valence-electron chi connectivity index (χ3n) is 3.33. The smallest absolute Gasteiger partial charge is 0.161 e. The number of benzene rings is 1. The molecule has 1 saturated carbocycles. The van der Waals surface area contributed by atoms with Crippen LogP contribution in [0.15, 0.2) is 24.3 Å². The van der Waals surface area contributed by atoms with Crippen molar-refractivity contribution in [1.29, 1.82) is 0 Å². The molecule has 1 heterocycles. The minimum absolute atomic E-state index is 0.465. The highest BCUT2D eigenvalue weighted by Crippen LogP contribution is 2.39. The Morgan fingerprint density at radius 3 is 2.45 bits per heavy atom. The zero-order valence-electron chi connectivity index (χ0n) is 11.4. The molecule has 0 radical (unpaired) electrons. The van der Waals surface area contributed by atoms with E-state index in [1.807, 2.05) is 18.2 Å². The summed E-state index contributed by atoms with van der Waals surface area (Å²) in [7, 11) is 3.23. The fraction of sp³-hybridized carbons (Fsp3) is 0.333. The molecular weight excluding hydrogens is 276 g/mol. The number of ether oxygens (including phenoxy) is 2. The average Bonchev–Trinajstić information content (AvgIpc) is 3.30. The van der Waals surface area contributed by atoms with Gasteiger partial charge in [0.1, 0.15) is 11.0 Å². The van der Waals surface area contributed by atoms with Crippen LogP contribution < -0.4 is 9.47 Å². The lowest BCUT2D eigenvalue weighted by Crippen LogP contribution is -1.96. The second-order valence-corrected chi connectivity index (χ2v) is 5.17. The van der Waals surface area contributed by atoms with E-state index in [9.17, 15) is 0 Å². The summed E-state index contributed by atoms with van der Waals surface area (Å²) in [5.74, 6) is 2.67. The second-order valence-electron chi connectivity index (χ2n) is 4.78. The van der Waals surface area contributed by atoms with Gasteiger partial charge in [0.05, 0.1) is 19.9 Å². The van der Waals surface area contributed by atoms with E-state index in [0.717, 1.165) is 29.9 Å². The van der Waals surface area contributed by atoms with Crippen molar-refractivity contribution in [1.82, 2.24) is 9.97 Å². The van der Waals surface area contributed by atoms with Gasteiger partial charge in [-0.15, -0.1) is 0 Å². The molecule has 5 heteroatoms. The molecule has 1 fully saturated rings. The number of methoxy groups -OCH3 is 2. The average molecular weight is 291 g/mol. The van der Waals surface area contributed by atoms with Crippen molar-refractivity contribution in [3.05, 3.63) is 35.2 Å². The van der Waals surface area contributed by atoms with Crippen LogP contribution in [0.5, 0.6) is 11.5 Å². The zero-order chi connectivity index (χ0) is 14.1. The Balaban J connectivity index is 2.03. The first-order valence-corrected chi connectivity index (χ1v) is 6.86. The highest BCUT2D eigenvalue weighted by Gasteiger charge is 2.27. The van der Waals surface area contributed by atoms with Crippen LogP contribution >= 0.6 is 11.6 Å². The summed E-state index contributed by atoms with van der Waals surface area (Å²) in [6.45, 7) is 0. The van der Waals surface area contributed by atoms with Crippen LogP contribution in [0.4, 0.5) is 0 Å². The van der Waals surface area contributed by atoms with Gasteiger partial charge in [0.25, 0.3) is 0 Å². The summed E-state index contributed by atoms with van der Waals surface area (Å²) in [4.78, 5) is 8.90. The summed E-state index contributed by atoms with van der Waals surface area (Å²) in [6, 6.07) is 7.47. The minimum Gasteiger partial charge on any atom is -0.493 e. The van der Waals surface area contributed by atoms with E-state index in [0.29, 0.717) is 22.6 Å². The molecule has 0 bridgehead atoms. The van der Waals surface area contributed by atoms with Crippen molar-refractivity contribution in [2.45, 2.75) is 18.8 Å². The van der Waals surface area contributed by atoms with Crippen molar-refractivity contribution in [2.75, 3.05) is 14.2 Å². The molecule has 0 aliphatic heterocycles. The SMILES string of the molecule is COc1ccc(-c2cc(Cl)nc(C3CC3)n2)cc1OC. The van der Waals surface area contributed by atoms with E-state index < -0.39 is 0 Å². The van der Waals surface area contributed by atoms with Gasteiger partial charge in [-0.1, -0.05) is 11.6 Å². The molecule has 0 atom stereocenters. The van der Waals surface area contributed by atoms with Gasteiger partial charge < -0.3 is 9.47 Å². The molecule has 1 aliphatic carbocycles. The van der Waals surface area contributed by atoms with Gasteiger partial charge in [-0.3, -0.25) is 0 Å². The Labute approximate surface area is 122 Å². The third-order valence-corrected chi connectivity index (χ3v) is 3.53. The van der Waals surface area contributed by atoms with Crippen molar-refractivity contribution in [3.63, 3.8) is 0 Å². The summed E-state index contributed by atoms with van der Waals surface area (Å²) in [5.41, 5.74) is 1.75. The maximum Gasteiger partial charge on any atom is 0.161 e. The maximum atomic E-state index is 6.10. The van der Waals surface area contributed by atoms with Crippen molar-refractivity contribution in [3.8, 4) is 22.8 Å². The standard InChI is InChI=1S/C15H15ClN2O2/c1-19-12-6-5-10(7-13(12)20-2)11-8-14(16)18-15(17-11)9-3-4-9/h5-9H,3-4H2,1-2H3. The first-order chi connectivity index (χ1) is 9.71. The summed E-state index contributed by atoms with van der Waals surface area (Å²) in [5, 5.41) is 0.478. The topological polar surface area (TPSA) is 44.2 Å². The molecule has 104 valence electrons. The Morgan fingerprint density at radius 2 is 1.80 bits per heavy atom. The summed E-state index contributed by atoms with van der Waals surface area (Å²) < 4.78 is 10.6. The largest absolute Gasteiger partial charge is 0.493 e. The Hall–Kier alpha value is -1.81. The normalized spacial score (nSPS) is 14.2. The van der Waals surface area contributed by atoms with Crippen molar-refractivity contribution in [2.24, 2.45) is 0 Å². The number of hydrogen-bond donors (Lipinski definition) is 0. The fourth-order valence-electron chi connectivity index (χ4n) is 2.10. The van der Waals surface area contributed by atoms with Crippen LogP contribution in [0.25, 0.3) is 11.3 Å². The molecule has 1 aromatic heterocycles. The number of rotatable bonds is 4. The van der Waals surface area contributed by atoms with E-state index in [2.05, 4.69) is 9.97 Å². The van der Waals surface area contributed by atoms with Crippen LogP contribution in [0.2, 0.25) is 5.15 Å². The van der Waals surface area contributed by atoms with Crippen LogP contribution in [0, 0.1) is 0 Å². The van der Waals surface area contributed by atoms with E-state index in [4.69, 9.17) is 21.1 Å². The molecule has 0 saturated heterocycles. The van der Waals surface area contributed by atoms with Crippen LogP contribution in [-0.4, -0.2) is 24.2 Å². The van der Waals surface area contributed by atoms with Crippen LogP contribution in [0.1, 0.15) is 24.6 Å². The molecule has 0 N–H and O–H groups in total. The predicted octanol–water partition coefficient (Wildman–Crippen LogP) is 3.69. The van der Waals surface area contributed by atoms with Gasteiger partial charge >= 0.3 is 0 Å². The van der Waals surface area contributed by atoms with Gasteiger partial charge in [0.15, 0.2) is 11.5 Å². The lowest BCUT2D eigenvalue weighted by Gasteiger charge is -2.10. The lowest BCUT2D eigenvalue weighted by molar-refractivity contribution is 0.355. The molecule has 1 aliphatic rings. The Bertz CT molecular complexity index is 642. The molecular formula is C15H15ClN2O2. The number of nitrogens with zero attached hydrogens (tertiary/aromatic N) is 2. The van der Waals surface area contributed by atoms with Crippen LogP contribution in [0.3, 0.4) is 0 Å². The third kappa shape index (κ3) is 2.56. The first kappa shape index (κ1) is 13.2. The highest BCUT2D eigenvalue weighted by atomic mass is 35.5. The van der Waals surface area contributed by atoms with Gasteiger partial charge in [0, 0.05) is 17.5 Å². The van der Waals surface area contributed by atoms with E-state index >= 15 is 0 Å². The first-order valence-electron chi connectivity index (χ1n) is 6.48. The van der Waals surface area contributed by atoms with Gasteiger partial charge in [-0.2, -0.15) is 0 Å².